The number of rotatable bonds is 3. The number of benzene rings is 11. The second-order valence-electron chi connectivity index (χ2n) is 15.0. The molecule has 260 valence electrons. The van der Waals surface area contributed by atoms with Crippen molar-refractivity contribution in [2.24, 2.45) is 0 Å². The van der Waals surface area contributed by atoms with Gasteiger partial charge in [0, 0.05) is 15.7 Å². The maximum absolute atomic E-state index is 2.42. The molecule has 0 nitrogen and oxygen atoms in total. The van der Waals surface area contributed by atoms with Gasteiger partial charge in [-0.15, -0.1) is 0 Å². The van der Waals surface area contributed by atoms with Crippen molar-refractivity contribution in [3.05, 3.63) is 217 Å². The lowest BCUT2D eigenvalue weighted by atomic mass is 9.78. The molecule has 11 aromatic carbocycles. The van der Waals surface area contributed by atoms with Gasteiger partial charge in [0.15, 0.2) is 0 Å². The second-order valence-corrected chi connectivity index (χ2v) is 16.1. The molecule has 1 heterocycles. The minimum Gasteiger partial charge on any atom is -0.0881 e. The van der Waals surface area contributed by atoms with Gasteiger partial charge in [-0.05, 0) is 104 Å². The third kappa shape index (κ3) is 4.56. The first-order valence-electron chi connectivity index (χ1n) is 19.5. The van der Waals surface area contributed by atoms with Crippen LogP contribution in [0.3, 0.4) is 0 Å². The van der Waals surface area contributed by atoms with E-state index in [9.17, 15) is 0 Å². The molecule has 0 saturated carbocycles. The molecule has 0 unspecified atom stereocenters. The number of hydrogen-bond acceptors (Lipinski definition) is 1. The van der Waals surface area contributed by atoms with Gasteiger partial charge in [-0.1, -0.05) is 212 Å². The molecule has 0 radical (unpaired) electrons. The van der Waals surface area contributed by atoms with Crippen LogP contribution in [0.4, 0.5) is 0 Å². The van der Waals surface area contributed by atoms with Crippen LogP contribution in [0.25, 0.3) is 86.9 Å². The zero-order valence-electron chi connectivity index (χ0n) is 30.5. The van der Waals surface area contributed by atoms with Crippen LogP contribution in [0.5, 0.6) is 0 Å². The quantitative estimate of drug-likeness (QED) is 0.129. The molecular weight excluding hydrogens is 693 g/mol. The third-order valence-electron chi connectivity index (χ3n) is 12.2. The topological polar surface area (TPSA) is 0 Å². The molecule has 0 fully saturated rings. The van der Waals surface area contributed by atoms with Gasteiger partial charge >= 0.3 is 0 Å². The highest BCUT2D eigenvalue weighted by Crippen LogP contribution is 2.57. The molecule has 0 saturated heterocycles. The summed E-state index contributed by atoms with van der Waals surface area (Å²) in [6.07, 6.45) is 0. The molecule has 0 atom stereocenters. The fourth-order valence-corrected chi connectivity index (χ4v) is 11.3. The summed E-state index contributed by atoms with van der Waals surface area (Å²) in [5.74, 6) is 0.0354. The molecule has 12 rings (SSSR count). The fraction of sp³-hybridized carbons (Fsp3) is 0.0182. The Morgan fingerprint density at radius 2 is 0.554 bits per heavy atom. The first-order valence-corrected chi connectivity index (χ1v) is 20.3. The normalized spacial score (nSPS) is 12.9. The zero-order chi connectivity index (χ0) is 36.7. The summed E-state index contributed by atoms with van der Waals surface area (Å²) in [5, 5.41) is 15.7. The van der Waals surface area contributed by atoms with Crippen LogP contribution in [0, 0.1) is 0 Å². The second kappa shape index (κ2) is 12.4. The predicted molar refractivity (Wildman–Crippen MR) is 240 cm³/mol. The first kappa shape index (κ1) is 31.7. The van der Waals surface area contributed by atoms with Gasteiger partial charge in [0.2, 0.25) is 0 Å². The van der Waals surface area contributed by atoms with Crippen LogP contribution in [0.2, 0.25) is 0 Å². The Morgan fingerprint density at radius 3 is 0.964 bits per heavy atom. The van der Waals surface area contributed by atoms with Gasteiger partial charge in [-0.3, -0.25) is 0 Å². The summed E-state index contributed by atoms with van der Waals surface area (Å²) in [5.41, 5.74) is 9.19. The van der Waals surface area contributed by atoms with Crippen LogP contribution in [-0.4, -0.2) is 0 Å². The highest BCUT2D eigenvalue weighted by molar-refractivity contribution is 8.00. The largest absolute Gasteiger partial charge is 0.0881 e. The molecule has 0 bridgehead atoms. The lowest BCUT2D eigenvalue weighted by Gasteiger charge is -2.33. The minimum absolute atomic E-state index is 0.0354. The summed E-state index contributed by atoms with van der Waals surface area (Å²) >= 11 is 1.97. The Morgan fingerprint density at radius 1 is 0.250 bits per heavy atom. The summed E-state index contributed by atoms with van der Waals surface area (Å²) in [7, 11) is 0. The third-order valence-corrected chi connectivity index (χ3v) is 13.4. The highest BCUT2D eigenvalue weighted by Gasteiger charge is 2.34. The lowest BCUT2D eigenvalue weighted by molar-refractivity contribution is 0.938. The van der Waals surface area contributed by atoms with E-state index in [0.29, 0.717) is 0 Å². The Balaban J connectivity index is 1.15. The minimum atomic E-state index is 0.0354. The highest BCUT2D eigenvalue weighted by atomic mass is 32.2. The van der Waals surface area contributed by atoms with Crippen molar-refractivity contribution >= 4 is 76.4 Å². The molecule has 0 aliphatic carbocycles. The van der Waals surface area contributed by atoms with E-state index in [0.717, 1.165) is 0 Å². The summed E-state index contributed by atoms with van der Waals surface area (Å²) < 4.78 is 0. The SMILES string of the molecule is c1ccc(-c2c3ccccc3c(-c3ccc(C4c5c(c6ccccc6c6ccccc56)Sc5c4c4ccccc4c4ccccc54)cc3)c3ccccc23)cc1. The maximum Gasteiger partial charge on any atom is 0.0375 e. The van der Waals surface area contributed by atoms with Crippen molar-refractivity contribution in [1.29, 1.82) is 0 Å². The van der Waals surface area contributed by atoms with Crippen molar-refractivity contribution in [1.82, 2.24) is 0 Å². The molecule has 11 aromatic rings. The van der Waals surface area contributed by atoms with Crippen molar-refractivity contribution in [3.63, 3.8) is 0 Å². The first-order chi connectivity index (χ1) is 27.8. The van der Waals surface area contributed by atoms with Crippen LogP contribution in [0.1, 0.15) is 22.6 Å². The molecule has 0 N–H and O–H groups in total. The van der Waals surface area contributed by atoms with Crippen LogP contribution in [-0.2, 0) is 0 Å². The molecule has 0 aromatic heterocycles. The van der Waals surface area contributed by atoms with E-state index in [-0.39, 0.29) is 5.92 Å². The summed E-state index contributed by atoms with van der Waals surface area (Å²) in [6, 6.07) is 74.5. The van der Waals surface area contributed by atoms with E-state index in [1.165, 1.54) is 113 Å². The Labute approximate surface area is 329 Å². The number of hydrogen-bond donors (Lipinski definition) is 0. The van der Waals surface area contributed by atoms with Crippen molar-refractivity contribution in [3.8, 4) is 22.3 Å². The van der Waals surface area contributed by atoms with Gasteiger partial charge in [-0.2, -0.15) is 0 Å². The average Bonchev–Trinajstić information content (AvgIpc) is 3.28. The van der Waals surface area contributed by atoms with E-state index < -0.39 is 0 Å². The predicted octanol–water partition coefficient (Wildman–Crippen LogP) is 15.6. The van der Waals surface area contributed by atoms with Gasteiger partial charge in [-0.25, -0.2) is 0 Å². The average molecular weight is 727 g/mol. The molecular formula is C55H34S. The van der Waals surface area contributed by atoms with Crippen molar-refractivity contribution in [2.75, 3.05) is 0 Å². The molecule has 0 amide bonds. The zero-order valence-corrected chi connectivity index (χ0v) is 31.4. The van der Waals surface area contributed by atoms with Crippen LogP contribution < -0.4 is 0 Å². The smallest absolute Gasteiger partial charge is 0.0375 e. The maximum atomic E-state index is 2.42. The molecule has 1 heteroatoms. The monoisotopic (exact) mass is 726 g/mol. The van der Waals surface area contributed by atoms with Gasteiger partial charge in [0.1, 0.15) is 0 Å². The van der Waals surface area contributed by atoms with E-state index in [4.69, 9.17) is 0 Å². The standard InChI is InChI=1S/C55H34S/c1-2-16-34(17-3-1)49-43-24-10-12-26-45(43)50(46-27-13-11-25-44(46)49)35-30-32-36(33-31-35)51-52-41-22-8-4-18-37(41)39-20-6-14-28-47(39)54(52)56-55-48-29-15-7-21-40(48)38-19-5-9-23-42(38)53(51)55/h1-33,51H. The van der Waals surface area contributed by atoms with Crippen molar-refractivity contribution < 1.29 is 0 Å². The van der Waals surface area contributed by atoms with Crippen LogP contribution in [0.15, 0.2) is 210 Å². The molecule has 0 spiro atoms. The van der Waals surface area contributed by atoms with E-state index in [1.807, 2.05) is 11.8 Å². The molecule has 1 aliphatic rings. The Hall–Kier alpha value is -6.67. The van der Waals surface area contributed by atoms with E-state index in [2.05, 4.69) is 200 Å². The summed E-state index contributed by atoms with van der Waals surface area (Å²) in [6.45, 7) is 0. The van der Waals surface area contributed by atoms with E-state index >= 15 is 0 Å². The van der Waals surface area contributed by atoms with Crippen molar-refractivity contribution in [2.45, 2.75) is 15.7 Å². The summed E-state index contributed by atoms with van der Waals surface area (Å²) in [4.78, 5) is 2.74. The fourth-order valence-electron chi connectivity index (χ4n) is 9.84. The van der Waals surface area contributed by atoms with Gasteiger partial charge < -0.3 is 0 Å². The molecule has 56 heavy (non-hydrogen) atoms. The lowest BCUT2D eigenvalue weighted by Crippen LogP contribution is -2.13. The van der Waals surface area contributed by atoms with Gasteiger partial charge in [0.05, 0.1) is 0 Å². The molecule has 1 aliphatic heterocycles. The Kier molecular flexibility index (Phi) is 7.03. The number of fused-ring (bicyclic) bond motifs is 14. The Bertz CT molecular complexity index is 3190. The van der Waals surface area contributed by atoms with Crippen LogP contribution >= 0.6 is 11.8 Å². The van der Waals surface area contributed by atoms with E-state index in [1.54, 1.807) is 0 Å². The van der Waals surface area contributed by atoms with Gasteiger partial charge in [0.25, 0.3) is 0 Å².